The SMILES string of the molecule is CC(N)C(c1ccc(Cl)s1)N1CCCNC(=O)C1. The Morgan fingerprint density at radius 1 is 1.56 bits per heavy atom. The first kappa shape index (κ1) is 13.8. The van der Waals surface area contributed by atoms with Crippen LogP contribution in [-0.4, -0.2) is 36.5 Å². The second-order valence-electron chi connectivity index (χ2n) is 4.62. The molecule has 0 bridgehead atoms. The van der Waals surface area contributed by atoms with Gasteiger partial charge in [0.15, 0.2) is 0 Å². The van der Waals surface area contributed by atoms with Crippen LogP contribution < -0.4 is 11.1 Å². The van der Waals surface area contributed by atoms with E-state index in [1.54, 1.807) is 0 Å². The van der Waals surface area contributed by atoms with Crippen molar-refractivity contribution >= 4 is 28.8 Å². The van der Waals surface area contributed by atoms with Crippen molar-refractivity contribution in [2.75, 3.05) is 19.6 Å². The molecule has 1 aliphatic heterocycles. The summed E-state index contributed by atoms with van der Waals surface area (Å²) < 4.78 is 0.759. The van der Waals surface area contributed by atoms with Crippen molar-refractivity contribution in [3.8, 4) is 0 Å². The molecule has 18 heavy (non-hydrogen) atoms. The highest BCUT2D eigenvalue weighted by atomic mass is 35.5. The van der Waals surface area contributed by atoms with Crippen LogP contribution in [0.25, 0.3) is 0 Å². The maximum absolute atomic E-state index is 11.6. The molecule has 2 atom stereocenters. The average molecular weight is 288 g/mol. The van der Waals surface area contributed by atoms with Crippen LogP contribution in [0.15, 0.2) is 12.1 Å². The Morgan fingerprint density at radius 3 is 2.94 bits per heavy atom. The van der Waals surface area contributed by atoms with E-state index < -0.39 is 0 Å². The van der Waals surface area contributed by atoms with Gasteiger partial charge in [-0.05, 0) is 25.5 Å². The second-order valence-corrected chi connectivity index (χ2v) is 6.37. The number of hydrogen-bond acceptors (Lipinski definition) is 4. The highest BCUT2D eigenvalue weighted by Gasteiger charge is 2.28. The monoisotopic (exact) mass is 287 g/mol. The number of thiophene rings is 1. The van der Waals surface area contributed by atoms with Crippen LogP contribution in [0, 0.1) is 0 Å². The van der Waals surface area contributed by atoms with Crippen LogP contribution in [0.4, 0.5) is 0 Å². The third kappa shape index (κ3) is 3.23. The van der Waals surface area contributed by atoms with Crippen molar-refractivity contribution in [1.82, 2.24) is 10.2 Å². The highest BCUT2D eigenvalue weighted by molar-refractivity contribution is 7.16. The molecule has 0 saturated carbocycles. The molecule has 0 radical (unpaired) electrons. The molecular formula is C12H18ClN3OS. The largest absolute Gasteiger partial charge is 0.355 e. The van der Waals surface area contributed by atoms with Crippen molar-refractivity contribution in [3.63, 3.8) is 0 Å². The summed E-state index contributed by atoms with van der Waals surface area (Å²) in [6.07, 6.45) is 0.952. The van der Waals surface area contributed by atoms with Gasteiger partial charge in [0.05, 0.1) is 16.9 Å². The Bertz CT molecular complexity index is 421. The summed E-state index contributed by atoms with van der Waals surface area (Å²) in [5, 5.41) is 2.88. The molecule has 2 unspecified atom stereocenters. The van der Waals surface area contributed by atoms with Gasteiger partial charge < -0.3 is 11.1 Å². The van der Waals surface area contributed by atoms with E-state index in [0.717, 1.165) is 28.7 Å². The van der Waals surface area contributed by atoms with Gasteiger partial charge in [-0.3, -0.25) is 9.69 Å². The lowest BCUT2D eigenvalue weighted by molar-refractivity contribution is -0.122. The molecule has 6 heteroatoms. The molecule has 1 amide bonds. The number of amides is 1. The number of carbonyl (C=O) groups excluding carboxylic acids is 1. The molecule has 0 aliphatic carbocycles. The van der Waals surface area contributed by atoms with Gasteiger partial charge in [-0.25, -0.2) is 0 Å². The molecule has 4 nitrogen and oxygen atoms in total. The maximum atomic E-state index is 11.6. The van der Waals surface area contributed by atoms with E-state index in [1.165, 1.54) is 11.3 Å². The third-order valence-electron chi connectivity index (χ3n) is 3.07. The number of hydrogen-bond donors (Lipinski definition) is 2. The molecule has 2 heterocycles. The van der Waals surface area contributed by atoms with E-state index >= 15 is 0 Å². The standard InChI is InChI=1S/C12H18ClN3OS/c1-8(14)12(9-3-4-10(13)18-9)16-6-2-5-15-11(17)7-16/h3-4,8,12H,2,5-7,14H2,1H3,(H,15,17). The Labute approximate surface area is 116 Å². The van der Waals surface area contributed by atoms with Crippen LogP contribution in [-0.2, 0) is 4.79 Å². The number of nitrogens with two attached hydrogens (primary N) is 1. The van der Waals surface area contributed by atoms with Gasteiger partial charge in [0, 0.05) is 24.0 Å². The number of rotatable bonds is 3. The molecule has 0 spiro atoms. The van der Waals surface area contributed by atoms with Crippen LogP contribution in [0.3, 0.4) is 0 Å². The molecule has 1 saturated heterocycles. The number of nitrogens with zero attached hydrogens (tertiary/aromatic N) is 1. The summed E-state index contributed by atoms with van der Waals surface area (Å²) in [5.74, 6) is 0.0702. The van der Waals surface area contributed by atoms with E-state index in [2.05, 4.69) is 10.2 Å². The first-order chi connectivity index (χ1) is 8.58. The van der Waals surface area contributed by atoms with Gasteiger partial charge in [0.2, 0.25) is 5.91 Å². The van der Waals surface area contributed by atoms with Gasteiger partial charge >= 0.3 is 0 Å². The van der Waals surface area contributed by atoms with Crippen molar-refractivity contribution in [1.29, 1.82) is 0 Å². The number of nitrogens with one attached hydrogen (secondary N) is 1. The quantitative estimate of drug-likeness (QED) is 0.888. The fourth-order valence-electron chi connectivity index (χ4n) is 2.33. The Balaban J connectivity index is 2.21. The Kier molecular flexibility index (Phi) is 4.61. The number of halogens is 1. The van der Waals surface area contributed by atoms with Crippen molar-refractivity contribution in [2.45, 2.75) is 25.4 Å². The van der Waals surface area contributed by atoms with Gasteiger partial charge in [0.1, 0.15) is 0 Å². The van der Waals surface area contributed by atoms with Crippen LogP contribution in [0.1, 0.15) is 24.3 Å². The molecule has 1 aromatic heterocycles. The van der Waals surface area contributed by atoms with Crippen LogP contribution in [0.2, 0.25) is 4.34 Å². The smallest absolute Gasteiger partial charge is 0.234 e. The lowest BCUT2D eigenvalue weighted by Crippen LogP contribution is -2.42. The molecule has 0 aromatic carbocycles. The zero-order valence-corrected chi connectivity index (χ0v) is 11.9. The molecule has 1 fully saturated rings. The van der Waals surface area contributed by atoms with Gasteiger partial charge in [-0.2, -0.15) is 0 Å². The summed E-state index contributed by atoms with van der Waals surface area (Å²) in [4.78, 5) is 14.9. The van der Waals surface area contributed by atoms with E-state index in [1.807, 2.05) is 19.1 Å². The molecular weight excluding hydrogens is 270 g/mol. The van der Waals surface area contributed by atoms with Gasteiger partial charge in [-0.15, -0.1) is 11.3 Å². The Morgan fingerprint density at radius 2 is 2.33 bits per heavy atom. The lowest BCUT2D eigenvalue weighted by Gasteiger charge is -2.31. The van der Waals surface area contributed by atoms with E-state index in [4.69, 9.17) is 17.3 Å². The first-order valence-electron chi connectivity index (χ1n) is 6.09. The summed E-state index contributed by atoms with van der Waals surface area (Å²) >= 11 is 7.53. The van der Waals surface area contributed by atoms with Crippen molar-refractivity contribution in [3.05, 3.63) is 21.3 Å². The Hall–Kier alpha value is -0.620. The maximum Gasteiger partial charge on any atom is 0.234 e. The second kappa shape index (κ2) is 6.02. The summed E-state index contributed by atoms with van der Waals surface area (Å²) in [6, 6.07) is 3.91. The predicted molar refractivity (Wildman–Crippen MR) is 74.9 cm³/mol. The topological polar surface area (TPSA) is 58.4 Å². The van der Waals surface area contributed by atoms with Crippen LogP contribution >= 0.6 is 22.9 Å². The van der Waals surface area contributed by atoms with E-state index in [0.29, 0.717) is 6.54 Å². The molecule has 2 rings (SSSR count). The highest BCUT2D eigenvalue weighted by Crippen LogP contribution is 2.32. The third-order valence-corrected chi connectivity index (χ3v) is 4.37. The van der Waals surface area contributed by atoms with Crippen molar-refractivity contribution < 1.29 is 4.79 Å². The predicted octanol–water partition coefficient (Wildman–Crippen LogP) is 1.61. The molecule has 100 valence electrons. The van der Waals surface area contributed by atoms with Crippen molar-refractivity contribution in [2.24, 2.45) is 5.73 Å². The van der Waals surface area contributed by atoms with E-state index in [-0.39, 0.29) is 18.0 Å². The molecule has 1 aromatic rings. The van der Waals surface area contributed by atoms with Crippen LogP contribution in [0.5, 0.6) is 0 Å². The number of carbonyl (C=O) groups is 1. The zero-order valence-electron chi connectivity index (χ0n) is 10.4. The van der Waals surface area contributed by atoms with E-state index in [9.17, 15) is 4.79 Å². The molecule has 1 aliphatic rings. The average Bonchev–Trinajstić information content (AvgIpc) is 2.58. The molecule has 3 N–H and O–H groups in total. The summed E-state index contributed by atoms with van der Waals surface area (Å²) in [7, 11) is 0. The van der Waals surface area contributed by atoms with Gasteiger partial charge in [0.25, 0.3) is 0 Å². The fourth-order valence-corrected chi connectivity index (χ4v) is 3.64. The first-order valence-corrected chi connectivity index (χ1v) is 7.29. The summed E-state index contributed by atoms with van der Waals surface area (Å²) in [6.45, 7) is 4.00. The minimum Gasteiger partial charge on any atom is -0.355 e. The fraction of sp³-hybridized carbons (Fsp3) is 0.583. The van der Waals surface area contributed by atoms with Gasteiger partial charge in [-0.1, -0.05) is 11.6 Å². The lowest BCUT2D eigenvalue weighted by atomic mass is 10.1. The minimum atomic E-state index is -0.0365. The summed E-state index contributed by atoms with van der Waals surface area (Å²) in [5.41, 5.74) is 6.10. The zero-order chi connectivity index (χ0) is 13.1. The minimum absolute atomic E-state index is 0.0365. The normalized spacial score (nSPS) is 21.2.